The molecule has 1 amide bonds. The zero-order valence-electron chi connectivity index (χ0n) is 16.3. The van der Waals surface area contributed by atoms with Crippen molar-refractivity contribution in [3.8, 4) is 17.1 Å². The predicted octanol–water partition coefficient (Wildman–Crippen LogP) is 3.77. The van der Waals surface area contributed by atoms with E-state index in [0.29, 0.717) is 29.5 Å². The van der Waals surface area contributed by atoms with Crippen LogP contribution in [0.25, 0.3) is 11.3 Å². The van der Waals surface area contributed by atoms with Gasteiger partial charge < -0.3 is 19.2 Å². The van der Waals surface area contributed by atoms with Crippen LogP contribution in [0.4, 0.5) is 5.69 Å². The highest BCUT2D eigenvalue weighted by molar-refractivity contribution is 5.94. The standard InChI is InChI=1S/C22H22N2O5/c1-15-8-9-18(27-2)17(12-15)24-20(25)14-28-22(26)11-10-21-23-13-19(29-21)16-6-4-3-5-7-16/h3-9,12-13H,10-11,14H2,1-2H3,(H,24,25). The van der Waals surface area contributed by atoms with Crippen LogP contribution in [0.15, 0.2) is 59.1 Å². The number of aryl methyl sites for hydroxylation is 2. The van der Waals surface area contributed by atoms with E-state index in [0.717, 1.165) is 11.1 Å². The summed E-state index contributed by atoms with van der Waals surface area (Å²) in [4.78, 5) is 28.2. The van der Waals surface area contributed by atoms with Gasteiger partial charge in [0.1, 0.15) is 5.75 Å². The summed E-state index contributed by atoms with van der Waals surface area (Å²) in [5.41, 5.74) is 2.41. The minimum atomic E-state index is -0.504. The molecule has 1 N–H and O–H groups in total. The topological polar surface area (TPSA) is 90.7 Å². The van der Waals surface area contributed by atoms with E-state index in [1.165, 1.54) is 7.11 Å². The maximum Gasteiger partial charge on any atom is 0.306 e. The molecule has 0 radical (unpaired) electrons. The number of carbonyl (C=O) groups is 2. The summed E-state index contributed by atoms with van der Waals surface area (Å²) in [6.45, 7) is 1.53. The Balaban J connectivity index is 1.45. The molecule has 3 aromatic rings. The average Bonchev–Trinajstić information content (AvgIpc) is 3.21. The molecule has 7 nitrogen and oxygen atoms in total. The Kier molecular flexibility index (Phi) is 6.63. The molecule has 1 heterocycles. The number of carbonyl (C=O) groups excluding carboxylic acids is 2. The lowest BCUT2D eigenvalue weighted by Crippen LogP contribution is -2.21. The quantitative estimate of drug-likeness (QED) is 0.585. The third kappa shape index (κ3) is 5.68. The number of nitrogens with zero attached hydrogens (tertiary/aromatic N) is 1. The molecule has 0 unspecified atom stereocenters. The summed E-state index contributed by atoms with van der Waals surface area (Å²) < 4.78 is 15.9. The van der Waals surface area contributed by atoms with Gasteiger partial charge in [0.2, 0.25) is 0 Å². The molecule has 3 rings (SSSR count). The lowest BCUT2D eigenvalue weighted by atomic mass is 10.2. The third-order valence-electron chi connectivity index (χ3n) is 4.15. The second-order valence-electron chi connectivity index (χ2n) is 6.40. The van der Waals surface area contributed by atoms with Crippen LogP contribution in [-0.4, -0.2) is 30.6 Å². The Labute approximate surface area is 168 Å². The molecule has 1 aromatic heterocycles. The molecule has 0 fully saturated rings. The number of aromatic nitrogens is 1. The first kappa shape index (κ1) is 20.1. The van der Waals surface area contributed by atoms with Crippen LogP contribution >= 0.6 is 0 Å². The molecule has 0 spiro atoms. The van der Waals surface area contributed by atoms with Crippen molar-refractivity contribution in [1.29, 1.82) is 0 Å². The lowest BCUT2D eigenvalue weighted by molar-refractivity contribution is -0.147. The Morgan fingerprint density at radius 1 is 1.14 bits per heavy atom. The van der Waals surface area contributed by atoms with Crippen molar-refractivity contribution in [2.45, 2.75) is 19.8 Å². The highest BCUT2D eigenvalue weighted by Crippen LogP contribution is 2.25. The molecule has 150 valence electrons. The molecular formula is C22H22N2O5. The maximum absolute atomic E-state index is 12.1. The number of ether oxygens (including phenoxy) is 2. The van der Waals surface area contributed by atoms with Crippen molar-refractivity contribution >= 4 is 17.6 Å². The van der Waals surface area contributed by atoms with Crippen LogP contribution in [-0.2, 0) is 20.7 Å². The molecule has 7 heteroatoms. The molecule has 0 saturated carbocycles. The van der Waals surface area contributed by atoms with Crippen molar-refractivity contribution in [3.63, 3.8) is 0 Å². The van der Waals surface area contributed by atoms with Crippen LogP contribution in [0.2, 0.25) is 0 Å². The number of methoxy groups -OCH3 is 1. The van der Waals surface area contributed by atoms with Gasteiger partial charge in [-0.3, -0.25) is 9.59 Å². The minimum absolute atomic E-state index is 0.0653. The van der Waals surface area contributed by atoms with E-state index in [9.17, 15) is 9.59 Å². The Hall–Kier alpha value is -3.61. The van der Waals surface area contributed by atoms with E-state index in [1.54, 1.807) is 18.3 Å². The third-order valence-corrected chi connectivity index (χ3v) is 4.15. The van der Waals surface area contributed by atoms with E-state index in [-0.39, 0.29) is 13.0 Å². The Bertz CT molecular complexity index is 982. The predicted molar refractivity (Wildman–Crippen MR) is 108 cm³/mol. The first-order chi connectivity index (χ1) is 14.0. The van der Waals surface area contributed by atoms with Crippen LogP contribution in [0, 0.1) is 6.92 Å². The van der Waals surface area contributed by atoms with Gasteiger partial charge in [-0.25, -0.2) is 4.98 Å². The fourth-order valence-electron chi connectivity index (χ4n) is 2.69. The van der Waals surface area contributed by atoms with Crippen molar-refractivity contribution in [1.82, 2.24) is 4.98 Å². The number of anilines is 1. The van der Waals surface area contributed by atoms with E-state index in [4.69, 9.17) is 13.9 Å². The zero-order valence-corrected chi connectivity index (χ0v) is 16.3. The fourth-order valence-corrected chi connectivity index (χ4v) is 2.69. The van der Waals surface area contributed by atoms with Gasteiger partial charge in [-0.1, -0.05) is 36.4 Å². The fraction of sp³-hybridized carbons (Fsp3) is 0.227. The number of esters is 1. The van der Waals surface area contributed by atoms with Crippen LogP contribution in [0.3, 0.4) is 0 Å². The normalized spacial score (nSPS) is 10.4. The van der Waals surface area contributed by atoms with E-state index >= 15 is 0 Å². The smallest absolute Gasteiger partial charge is 0.306 e. The largest absolute Gasteiger partial charge is 0.495 e. The van der Waals surface area contributed by atoms with Gasteiger partial charge in [0.15, 0.2) is 18.3 Å². The van der Waals surface area contributed by atoms with Gasteiger partial charge in [-0.15, -0.1) is 0 Å². The number of oxazole rings is 1. The summed E-state index contributed by atoms with van der Waals surface area (Å²) in [6, 6.07) is 15.0. The van der Waals surface area contributed by atoms with Crippen LogP contribution in [0.1, 0.15) is 17.9 Å². The van der Waals surface area contributed by atoms with Gasteiger partial charge in [-0.05, 0) is 24.6 Å². The van der Waals surface area contributed by atoms with E-state index < -0.39 is 11.9 Å². The van der Waals surface area contributed by atoms with E-state index in [2.05, 4.69) is 10.3 Å². The summed E-state index contributed by atoms with van der Waals surface area (Å²) in [6.07, 6.45) is 1.98. The van der Waals surface area contributed by atoms with Crippen molar-refractivity contribution in [3.05, 3.63) is 66.2 Å². The summed E-state index contributed by atoms with van der Waals surface area (Å²) in [5.74, 6) is 0.671. The minimum Gasteiger partial charge on any atom is -0.495 e. The number of rotatable bonds is 8. The highest BCUT2D eigenvalue weighted by Gasteiger charge is 2.13. The van der Waals surface area contributed by atoms with Crippen molar-refractivity contribution in [2.75, 3.05) is 19.0 Å². The van der Waals surface area contributed by atoms with Crippen molar-refractivity contribution < 1.29 is 23.5 Å². The summed E-state index contributed by atoms with van der Waals surface area (Å²) in [7, 11) is 1.52. The summed E-state index contributed by atoms with van der Waals surface area (Å²) >= 11 is 0. The molecule has 0 aliphatic heterocycles. The molecule has 0 bridgehead atoms. The molecule has 0 saturated heterocycles. The van der Waals surface area contributed by atoms with Gasteiger partial charge in [-0.2, -0.15) is 0 Å². The number of hydrogen-bond acceptors (Lipinski definition) is 6. The van der Waals surface area contributed by atoms with E-state index in [1.807, 2.05) is 43.3 Å². The second-order valence-corrected chi connectivity index (χ2v) is 6.40. The van der Waals surface area contributed by atoms with Crippen LogP contribution < -0.4 is 10.1 Å². The second kappa shape index (κ2) is 9.54. The molecule has 0 aliphatic carbocycles. The molecule has 0 atom stereocenters. The first-order valence-electron chi connectivity index (χ1n) is 9.15. The average molecular weight is 394 g/mol. The zero-order chi connectivity index (χ0) is 20.6. The van der Waals surface area contributed by atoms with Gasteiger partial charge in [0.25, 0.3) is 5.91 Å². The number of hydrogen-bond donors (Lipinski definition) is 1. The van der Waals surface area contributed by atoms with Gasteiger partial charge in [0, 0.05) is 12.0 Å². The van der Waals surface area contributed by atoms with Crippen molar-refractivity contribution in [2.24, 2.45) is 0 Å². The maximum atomic E-state index is 12.1. The Morgan fingerprint density at radius 3 is 2.69 bits per heavy atom. The number of nitrogens with one attached hydrogen (secondary N) is 1. The van der Waals surface area contributed by atoms with Gasteiger partial charge >= 0.3 is 5.97 Å². The Morgan fingerprint density at radius 2 is 1.93 bits per heavy atom. The highest BCUT2D eigenvalue weighted by atomic mass is 16.5. The number of amides is 1. The molecule has 0 aliphatic rings. The molecule has 29 heavy (non-hydrogen) atoms. The molecular weight excluding hydrogens is 372 g/mol. The monoisotopic (exact) mass is 394 g/mol. The first-order valence-corrected chi connectivity index (χ1v) is 9.15. The van der Waals surface area contributed by atoms with Gasteiger partial charge in [0.05, 0.1) is 25.4 Å². The van der Waals surface area contributed by atoms with Crippen LogP contribution in [0.5, 0.6) is 5.75 Å². The molecule has 2 aromatic carbocycles. The lowest BCUT2D eigenvalue weighted by Gasteiger charge is -2.11. The summed E-state index contributed by atoms with van der Waals surface area (Å²) in [5, 5.41) is 2.68. The number of benzene rings is 2. The SMILES string of the molecule is COc1ccc(C)cc1NC(=O)COC(=O)CCc1ncc(-c2ccccc2)o1.